The van der Waals surface area contributed by atoms with E-state index in [2.05, 4.69) is 16.2 Å². The Kier molecular flexibility index (Phi) is 4.50. The zero-order chi connectivity index (χ0) is 14.5. The van der Waals surface area contributed by atoms with E-state index in [0.29, 0.717) is 24.7 Å². The molecule has 5 heteroatoms. The monoisotopic (exact) mass is 274 g/mol. The van der Waals surface area contributed by atoms with Gasteiger partial charge in [0.15, 0.2) is 5.82 Å². The Morgan fingerprint density at radius 1 is 1.45 bits per heavy atom. The van der Waals surface area contributed by atoms with Crippen molar-refractivity contribution >= 4 is 5.97 Å². The van der Waals surface area contributed by atoms with Gasteiger partial charge in [0.25, 0.3) is 0 Å². The molecule has 0 saturated carbocycles. The Balaban J connectivity index is 2.07. The van der Waals surface area contributed by atoms with Crippen molar-refractivity contribution in [2.24, 2.45) is 0 Å². The zero-order valence-electron chi connectivity index (χ0n) is 11.9. The predicted octanol–water partition coefficient (Wildman–Crippen LogP) is 2.64. The Morgan fingerprint density at radius 3 is 2.95 bits per heavy atom. The molecule has 0 radical (unpaired) electrons. The number of hydrogen-bond acceptors (Lipinski definition) is 5. The molecule has 1 aromatic heterocycles. The van der Waals surface area contributed by atoms with E-state index in [4.69, 9.17) is 9.26 Å². The highest BCUT2D eigenvalue weighted by atomic mass is 16.5. The molecule has 0 spiro atoms. The number of carbonyl (C=O) groups is 1. The molecule has 0 amide bonds. The first-order valence-electron chi connectivity index (χ1n) is 6.64. The van der Waals surface area contributed by atoms with Crippen molar-refractivity contribution in [3.05, 3.63) is 47.1 Å². The summed E-state index contributed by atoms with van der Waals surface area (Å²) in [6.07, 6.45) is 0.584. The van der Waals surface area contributed by atoms with Crippen molar-refractivity contribution in [1.29, 1.82) is 0 Å². The van der Waals surface area contributed by atoms with Crippen LogP contribution in [0, 0.1) is 6.92 Å². The van der Waals surface area contributed by atoms with Crippen LogP contribution in [0.15, 0.2) is 28.8 Å². The van der Waals surface area contributed by atoms with E-state index in [1.165, 1.54) is 5.56 Å². The summed E-state index contributed by atoms with van der Waals surface area (Å²) in [6.45, 7) is 5.84. The highest BCUT2D eigenvalue weighted by molar-refractivity contribution is 5.76. The Hall–Kier alpha value is -2.17. The lowest BCUT2D eigenvalue weighted by atomic mass is 10.1. The van der Waals surface area contributed by atoms with Gasteiger partial charge in [-0.3, -0.25) is 4.79 Å². The number of carbonyl (C=O) groups excluding carboxylic acids is 1. The second kappa shape index (κ2) is 6.32. The first-order chi connectivity index (χ1) is 9.60. The number of rotatable bonds is 5. The number of aromatic nitrogens is 2. The van der Waals surface area contributed by atoms with Gasteiger partial charge in [0.1, 0.15) is 5.92 Å². The third-order valence-electron chi connectivity index (χ3n) is 2.94. The summed E-state index contributed by atoms with van der Waals surface area (Å²) in [6, 6.07) is 8.11. The SMILES string of the molecule is CCOC(=O)C(C)c1nc(Cc2cccc(C)c2)no1. The first-order valence-corrected chi connectivity index (χ1v) is 6.64. The number of aryl methyl sites for hydroxylation is 1. The van der Waals surface area contributed by atoms with E-state index in [1.54, 1.807) is 13.8 Å². The minimum atomic E-state index is -0.534. The summed E-state index contributed by atoms with van der Waals surface area (Å²) in [5, 5.41) is 3.91. The molecule has 2 aromatic rings. The van der Waals surface area contributed by atoms with Gasteiger partial charge in [0.05, 0.1) is 6.61 Å². The maximum absolute atomic E-state index is 11.6. The highest BCUT2D eigenvalue weighted by Crippen LogP contribution is 2.16. The lowest BCUT2D eigenvalue weighted by molar-refractivity contribution is -0.145. The van der Waals surface area contributed by atoms with Gasteiger partial charge in [-0.1, -0.05) is 35.0 Å². The van der Waals surface area contributed by atoms with Crippen molar-refractivity contribution in [3.63, 3.8) is 0 Å². The molecule has 0 bridgehead atoms. The highest BCUT2D eigenvalue weighted by Gasteiger charge is 2.23. The van der Waals surface area contributed by atoms with Crippen LogP contribution in [0.3, 0.4) is 0 Å². The van der Waals surface area contributed by atoms with Crippen molar-refractivity contribution in [2.75, 3.05) is 6.61 Å². The van der Waals surface area contributed by atoms with Crippen molar-refractivity contribution in [1.82, 2.24) is 10.1 Å². The first kappa shape index (κ1) is 14.2. The number of hydrogen-bond donors (Lipinski definition) is 0. The van der Waals surface area contributed by atoms with E-state index in [1.807, 2.05) is 25.1 Å². The lowest BCUT2D eigenvalue weighted by Crippen LogP contribution is -2.13. The van der Waals surface area contributed by atoms with Crippen LogP contribution in [0.2, 0.25) is 0 Å². The summed E-state index contributed by atoms with van der Waals surface area (Å²) in [5.74, 6) is -0.0141. The summed E-state index contributed by atoms with van der Waals surface area (Å²) in [4.78, 5) is 15.9. The van der Waals surface area contributed by atoms with Gasteiger partial charge in [0, 0.05) is 6.42 Å². The second-order valence-electron chi connectivity index (χ2n) is 4.69. The maximum Gasteiger partial charge on any atom is 0.318 e. The molecular weight excluding hydrogens is 256 g/mol. The minimum absolute atomic E-state index is 0.297. The number of nitrogens with zero attached hydrogens (tertiary/aromatic N) is 2. The molecule has 0 aliphatic heterocycles. The van der Waals surface area contributed by atoms with E-state index in [0.717, 1.165) is 5.56 Å². The average Bonchev–Trinajstić information content (AvgIpc) is 2.86. The second-order valence-corrected chi connectivity index (χ2v) is 4.69. The van der Waals surface area contributed by atoms with Crippen LogP contribution in [0.1, 0.15) is 42.6 Å². The number of esters is 1. The molecule has 1 heterocycles. The van der Waals surface area contributed by atoms with E-state index < -0.39 is 5.92 Å². The quantitative estimate of drug-likeness (QED) is 0.784. The van der Waals surface area contributed by atoms with Gasteiger partial charge in [-0.2, -0.15) is 4.98 Å². The van der Waals surface area contributed by atoms with Gasteiger partial charge >= 0.3 is 5.97 Å². The molecule has 1 atom stereocenters. The Morgan fingerprint density at radius 2 is 2.25 bits per heavy atom. The van der Waals surface area contributed by atoms with Crippen LogP contribution in [-0.4, -0.2) is 22.7 Å². The van der Waals surface area contributed by atoms with Crippen LogP contribution in [-0.2, 0) is 16.0 Å². The van der Waals surface area contributed by atoms with Gasteiger partial charge < -0.3 is 9.26 Å². The van der Waals surface area contributed by atoms with Crippen LogP contribution in [0.4, 0.5) is 0 Å². The fraction of sp³-hybridized carbons (Fsp3) is 0.400. The molecule has 0 aliphatic carbocycles. The molecule has 2 rings (SSSR count). The van der Waals surface area contributed by atoms with E-state index in [-0.39, 0.29) is 5.97 Å². The molecule has 1 aromatic carbocycles. The van der Waals surface area contributed by atoms with Gasteiger partial charge in [-0.15, -0.1) is 0 Å². The average molecular weight is 274 g/mol. The van der Waals surface area contributed by atoms with E-state index >= 15 is 0 Å². The zero-order valence-corrected chi connectivity index (χ0v) is 11.9. The van der Waals surface area contributed by atoms with Crippen LogP contribution in [0.25, 0.3) is 0 Å². The summed E-state index contributed by atoms with van der Waals surface area (Å²) in [5.41, 5.74) is 2.30. The summed E-state index contributed by atoms with van der Waals surface area (Å²) >= 11 is 0. The Labute approximate surface area is 118 Å². The molecule has 0 N–H and O–H groups in total. The third kappa shape index (κ3) is 3.44. The van der Waals surface area contributed by atoms with Crippen LogP contribution in [0.5, 0.6) is 0 Å². The van der Waals surface area contributed by atoms with Gasteiger partial charge in [-0.25, -0.2) is 0 Å². The number of ether oxygens (including phenoxy) is 1. The largest absolute Gasteiger partial charge is 0.465 e. The van der Waals surface area contributed by atoms with Gasteiger partial charge in [0.2, 0.25) is 5.89 Å². The normalized spacial score (nSPS) is 12.2. The van der Waals surface area contributed by atoms with Crippen molar-refractivity contribution in [2.45, 2.75) is 33.1 Å². The lowest BCUT2D eigenvalue weighted by Gasteiger charge is -2.04. The molecular formula is C15H18N2O3. The van der Waals surface area contributed by atoms with Crippen LogP contribution >= 0.6 is 0 Å². The fourth-order valence-corrected chi connectivity index (χ4v) is 1.89. The third-order valence-corrected chi connectivity index (χ3v) is 2.94. The smallest absolute Gasteiger partial charge is 0.318 e. The van der Waals surface area contributed by atoms with Crippen LogP contribution < -0.4 is 0 Å². The molecule has 0 fully saturated rings. The van der Waals surface area contributed by atoms with Gasteiger partial charge in [-0.05, 0) is 26.3 Å². The molecule has 106 valence electrons. The maximum atomic E-state index is 11.6. The Bertz CT molecular complexity index is 592. The van der Waals surface area contributed by atoms with E-state index in [9.17, 15) is 4.79 Å². The molecule has 20 heavy (non-hydrogen) atoms. The van der Waals surface area contributed by atoms with Crippen molar-refractivity contribution < 1.29 is 14.1 Å². The standard InChI is InChI=1S/C15H18N2O3/c1-4-19-15(18)11(3)14-16-13(17-20-14)9-12-7-5-6-10(2)8-12/h5-8,11H,4,9H2,1-3H3. The topological polar surface area (TPSA) is 65.2 Å². The fourth-order valence-electron chi connectivity index (χ4n) is 1.89. The molecule has 0 aliphatic rings. The van der Waals surface area contributed by atoms with Crippen molar-refractivity contribution in [3.8, 4) is 0 Å². The molecule has 1 unspecified atom stereocenters. The summed E-state index contributed by atoms with van der Waals surface area (Å²) < 4.78 is 10.1. The predicted molar refractivity (Wildman–Crippen MR) is 73.3 cm³/mol. The summed E-state index contributed by atoms with van der Waals surface area (Å²) in [7, 11) is 0. The minimum Gasteiger partial charge on any atom is -0.465 e. The molecule has 0 saturated heterocycles. The molecule has 5 nitrogen and oxygen atoms in total. The number of benzene rings is 1.